The number of hydrogen-bond donors (Lipinski definition) is 4. The van der Waals surface area contributed by atoms with Crippen molar-refractivity contribution in [3.8, 4) is 0 Å². The fourth-order valence-corrected chi connectivity index (χ4v) is 9.21. The summed E-state index contributed by atoms with van der Waals surface area (Å²) in [7, 11) is 0. The van der Waals surface area contributed by atoms with Crippen molar-refractivity contribution in [3.63, 3.8) is 0 Å². The van der Waals surface area contributed by atoms with E-state index >= 15 is 0 Å². The molecule has 9 rings (SSSR count). The lowest BCUT2D eigenvalue weighted by Crippen LogP contribution is -2.59. The lowest BCUT2D eigenvalue weighted by molar-refractivity contribution is -0.121. The monoisotopic (exact) mass is 588 g/mol. The van der Waals surface area contributed by atoms with Gasteiger partial charge in [-0.1, -0.05) is 36.4 Å². The number of amides is 2. The fraction of sp³-hybridized carbons (Fsp3) is 0.389. The molecule has 4 N–H and O–H groups in total. The van der Waals surface area contributed by atoms with E-state index in [4.69, 9.17) is 0 Å². The zero-order chi connectivity index (χ0) is 30.1. The number of carbonyl (C=O) groups is 2. The Labute approximate surface area is 255 Å². The number of hydrogen-bond acceptors (Lipinski definition) is 6. The molecule has 0 bridgehead atoms. The molecule has 4 aliphatic heterocycles. The fourth-order valence-electron chi connectivity index (χ4n) is 9.21. The van der Waals surface area contributed by atoms with Gasteiger partial charge < -0.3 is 20.8 Å². The van der Waals surface area contributed by atoms with Crippen LogP contribution in [-0.4, -0.2) is 45.6 Å². The standard InChI is InChI=1S/C36H36N4O4/c1-35-17-5-11-27(41)39(35)25-9-3-7-19-21(13-15-23(37-35)29(19)25)31-33(43)32(34(31)44)22-14-16-24-30-20(22)8-4-10-26(30)40-28(42)12-6-18-36(40,2)38-24/h3-4,7-10,13-16,31-34,37-38,43-44H,5-6,11-12,17-18H2,1-2H3. The Morgan fingerprint density at radius 3 is 1.52 bits per heavy atom. The van der Waals surface area contributed by atoms with Crippen molar-refractivity contribution >= 4 is 56.1 Å². The predicted molar refractivity (Wildman–Crippen MR) is 172 cm³/mol. The molecule has 44 heavy (non-hydrogen) atoms. The molecule has 2 amide bonds. The van der Waals surface area contributed by atoms with Crippen LogP contribution in [0.2, 0.25) is 0 Å². The van der Waals surface area contributed by atoms with Crippen LogP contribution in [0.1, 0.15) is 75.3 Å². The molecule has 8 heteroatoms. The van der Waals surface area contributed by atoms with Gasteiger partial charge >= 0.3 is 0 Å². The first-order valence-electron chi connectivity index (χ1n) is 15.9. The van der Waals surface area contributed by atoms with Gasteiger partial charge in [-0.25, -0.2) is 0 Å². The lowest BCUT2D eigenvalue weighted by atomic mass is 9.62. The van der Waals surface area contributed by atoms with Gasteiger partial charge in [-0.05, 0) is 85.7 Å². The number of piperidine rings is 2. The summed E-state index contributed by atoms with van der Waals surface area (Å²) in [4.78, 5) is 30.1. The van der Waals surface area contributed by atoms with Crippen LogP contribution in [0.15, 0.2) is 60.7 Å². The highest BCUT2D eigenvalue weighted by Gasteiger charge is 2.52. The average Bonchev–Trinajstić information content (AvgIpc) is 2.99. The van der Waals surface area contributed by atoms with Crippen LogP contribution in [0, 0.1) is 0 Å². The zero-order valence-electron chi connectivity index (χ0n) is 24.9. The van der Waals surface area contributed by atoms with E-state index in [9.17, 15) is 19.8 Å². The predicted octanol–water partition coefficient (Wildman–Crippen LogP) is 5.91. The van der Waals surface area contributed by atoms with Crippen LogP contribution < -0.4 is 20.4 Å². The maximum absolute atomic E-state index is 13.1. The Morgan fingerprint density at radius 1 is 0.659 bits per heavy atom. The summed E-state index contributed by atoms with van der Waals surface area (Å²) >= 11 is 0. The number of nitrogens with one attached hydrogen (secondary N) is 2. The number of aliphatic hydroxyl groups excluding tert-OH is 2. The topological polar surface area (TPSA) is 105 Å². The minimum atomic E-state index is -0.809. The summed E-state index contributed by atoms with van der Waals surface area (Å²) in [6, 6.07) is 20.2. The van der Waals surface area contributed by atoms with Gasteiger partial charge in [0.2, 0.25) is 11.8 Å². The SMILES string of the molecule is CC12CCCC(=O)N1c1cccc3c(C4C(O)C(c5ccc6c7c(cccc57)N5C(=O)CCCC5(C)N6)C4O)ccc(c13)N2. The van der Waals surface area contributed by atoms with Crippen LogP contribution >= 0.6 is 0 Å². The summed E-state index contributed by atoms with van der Waals surface area (Å²) in [6.07, 6.45) is 2.88. The molecule has 2 unspecified atom stereocenters. The quantitative estimate of drug-likeness (QED) is 0.232. The normalized spacial score (nSPS) is 32.1. The van der Waals surface area contributed by atoms with Gasteiger partial charge in [0.15, 0.2) is 0 Å². The molecule has 3 fully saturated rings. The van der Waals surface area contributed by atoms with E-state index in [1.807, 2.05) is 70.5 Å². The van der Waals surface area contributed by atoms with Gasteiger partial charge in [0, 0.05) is 46.8 Å². The van der Waals surface area contributed by atoms with Crippen LogP contribution in [0.5, 0.6) is 0 Å². The second-order valence-corrected chi connectivity index (χ2v) is 13.8. The van der Waals surface area contributed by atoms with Crippen LogP contribution in [0.25, 0.3) is 21.5 Å². The molecule has 0 spiro atoms. The highest BCUT2D eigenvalue weighted by Crippen LogP contribution is 2.55. The third-order valence-corrected chi connectivity index (χ3v) is 11.2. The highest BCUT2D eigenvalue weighted by molar-refractivity contribution is 6.15. The van der Waals surface area contributed by atoms with Crippen molar-refractivity contribution < 1.29 is 19.8 Å². The Hall–Kier alpha value is -4.14. The van der Waals surface area contributed by atoms with Gasteiger partial charge in [-0.15, -0.1) is 0 Å². The van der Waals surface area contributed by atoms with Crippen molar-refractivity contribution in [3.05, 3.63) is 71.8 Å². The van der Waals surface area contributed by atoms with Crippen molar-refractivity contribution in [2.45, 2.75) is 87.7 Å². The number of rotatable bonds is 2. The van der Waals surface area contributed by atoms with Crippen molar-refractivity contribution in [1.82, 2.24) is 0 Å². The minimum absolute atomic E-state index is 0.113. The Morgan fingerprint density at radius 2 is 1.09 bits per heavy atom. The zero-order valence-corrected chi connectivity index (χ0v) is 24.9. The number of carbonyl (C=O) groups excluding carboxylic acids is 2. The molecule has 0 radical (unpaired) electrons. The van der Waals surface area contributed by atoms with Crippen LogP contribution in [0.4, 0.5) is 22.7 Å². The molecular weight excluding hydrogens is 552 g/mol. The number of benzene rings is 4. The Kier molecular flexibility index (Phi) is 5.22. The molecule has 0 aromatic heterocycles. The molecular formula is C36H36N4O4. The molecule has 224 valence electrons. The second-order valence-electron chi connectivity index (χ2n) is 13.8. The summed E-state index contributed by atoms with van der Waals surface area (Å²) in [5.74, 6) is -0.735. The van der Waals surface area contributed by atoms with E-state index in [0.717, 1.165) is 81.1 Å². The van der Waals surface area contributed by atoms with E-state index in [1.54, 1.807) is 0 Å². The van der Waals surface area contributed by atoms with Gasteiger partial charge in [-0.2, -0.15) is 0 Å². The van der Waals surface area contributed by atoms with E-state index in [0.29, 0.717) is 12.8 Å². The molecule has 1 aliphatic carbocycles. The van der Waals surface area contributed by atoms with Crippen molar-refractivity contribution in [1.29, 1.82) is 0 Å². The first-order chi connectivity index (χ1) is 21.2. The largest absolute Gasteiger partial charge is 0.392 e. The molecule has 8 nitrogen and oxygen atoms in total. The third-order valence-electron chi connectivity index (χ3n) is 11.2. The van der Waals surface area contributed by atoms with Crippen molar-refractivity contribution in [2.75, 3.05) is 20.4 Å². The molecule has 5 aliphatic rings. The summed E-state index contributed by atoms with van der Waals surface area (Å²) in [6.45, 7) is 4.17. The first kappa shape index (κ1) is 26.3. The average molecular weight is 589 g/mol. The van der Waals surface area contributed by atoms with E-state index in [2.05, 4.69) is 24.5 Å². The molecule has 4 aromatic carbocycles. The molecule has 1 saturated carbocycles. The van der Waals surface area contributed by atoms with Gasteiger partial charge in [-0.3, -0.25) is 19.4 Å². The minimum Gasteiger partial charge on any atom is -0.392 e. The number of fused-ring (bicyclic) bond motifs is 4. The van der Waals surface area contributed by atoms with Gasteiger partial charge in [0.1, 0.15) is 11.3 Å². The maximum atomic E-state index is 13.1. The second kappa shape index (κ2) is 8.73. The Bertz CT molecular complexity index is 1790. The first-order valence-corrected chi connectivity index (χ1v) is 15.9. The van der Waals surface area contributed by atoms with E-state index in [-0.39, 0.29) is 11.8 Å². The molecule has 4 heterocycles. The van der Waals surface area contributed by atoms with Gasteiger partial charge in [0.05, 0.1) is 23.6 Å². The maximum Gasteiger partial charge on any atom is 0.228 e. The van der Waals surface area contributed by atoms with E-state index < -0.39 is 35.4 Å². The van der Waals surface area contributed by atoms with Crippen molar-refractivity contribution in [2.24, 2.45) is 0 Å². The number of nitrogens with zero attached hydrogens (tertiary/aromatic N) is 2. The highest BCUT2D eigenvalue weighted by atomic mass is 16.3. The number of aliphatic hydroxyl groups is 2. The molecule has 4 aromatic rings. The number of anilines is 4. The molecule has 2 atom stereocenters. The lowest BCUT2D eigenvalue weighted by Gasteiger charge is -2.51. The summed E-state index contributed by atoms with van der Waals surface area (Å²) in [5, 5.41) is 34.7. The Balaban J connectivity index is 1.12. The van der Waals surface area contributed by atoms with Crippen LogP contribution in [-0.2, 0) is 9.59 Å². The summed E-state index contributed by atoms with van der Waals surface area (Å²) in [5.41, 5.74) is 4.55. The van der Waals surface area contributed by atoms with Gasteiger partial charge in [0.25, 0.3) is 0 Å². The van der Waals surface area contributed by atoms with E-state index in [1.165, 1.54) is 0 Å². The third kappa shape index (κ3) is 3.25. The van der Waals surface area contributed by atoms with Crippen LogP contribution in [0.3, 0.4) is 0 Å². The smallest absolute Gasteiger partial charge is 0.228 e. The summed E-state index contributed by atoms with van der Waals surface area (Å²) < 4.78 is 0. The molecule has 2 saturated heterocycles.